The smallest absolute Gasteiger partial charge is 0.209 e. The summed E-state index contributed by atoms with van der Waals surface area (Å²) >= 11 is 0. The van der Waals surface area contributed by atoms with E-state index in [2.05, 4.69) is 18.8 Å². The van der Waals surface area contributed by atoms with Gasteiger partial charge in [0.15, 0.2) is 0 Å². The molecular weight excluding hydrogens is 228 g/mol. The van der Waals surface area contributed by atoms with E-state index in [1.807, 2.05) is 0 Å². The monoisotopic (exact) mass is 252 g/mol. The third-order valence-electron chi connectivity index (χ3n) is 3.68. The van der Waals surface area contributed by atoms with E-state index in [1.165, 1.54) is 19.3 Å². The molecule has 2 atom stereocenters. The zero-order valence-corrected chi connectivity index (χ0v) is 11.8. The molecule has 0 spiro atoms. The number of ether oxygens (including phenoxy) is 2. The van der Waals surface area contributed by atoms with Gasteiger partial charge in [0.05, 0.1) is 14.2 Å². The maximum Gasteiger partial charge on any atom is 0.209 e. The van der Waals surface area contributed by atoms with Crippen molar-refractivity contribution in [2.45, 2.75) is 51.6 Å². The van der Waals surface area contributed by atoms with Gasteiger partial charge in [0.25, 0.3) is 0 Å². The lowest BCUT2D eigenvalue weighted by atomic mass is 10.0. The summed E-state index contributed by atoms with van der Waals surface area (Å²) in [5, 5.41) is 0. The highest BCUT2D eigenvalue weighted by Crippen LogP contribution is 2.34. The SMILES string of the molecule is COC1=NC(C(C)C)C(OC)=NC1CCC1CC1. The van der Waals surface area contributed by atoms with Crippen LogP contribution in [0.15, 0.2) is 9.98 Å². The third-order valence-corrected chi connectivity index (χ3v) is 3.68. The van der Waals surface area contributed by atoms with Gasteiger partial charge < -0.3 is 9.47 Å². The van der Waals surface area contributed by atoms with E-state index in [9.17, 15) is 0 Å². The van der Waals surface area contributed by atoms with Crippen molar-refractivity contribution in [3.05, 3.63) is 0 Å². The molecule has 0 aromatic heterocycles. The van der Waals surface area contributed by atoms with Crippen LogP contribution in [0.1, 0.15) is 39.5 Å². The molecule has 1 fully saturated rings. The highest BCUT2D eigenvalue weighted by atomic mass is 16.5. The molecule has 102 valence electrons. The predicted octanol–water partition coefficient (Wildman–Crippen LogP) is 2.67. The number of hydrogen-bond acceptors (Lipinski definition) is 4. The molecule has 18 heavy (non-hydrogen) atoms. The third kappa shape index (κ3) is 3.03. The molecule has 1 aliphatic carbocycles. The van der Waals surface area contributed by atoms with Gasteiger partial charge in [-0.1, -0.05) is 26.7 Å². The van der Waals surface area contributed by atoms with E-state index in [0.29, 0.717) is 5.92 Å². The van der Waals surface area contributed by atoms with Crippen molar-refractivity contribution in [3.63, 3.8) is 0 Å². The highest BCUT2D eigenvalue weighted by Gasteiger charge is 2.32. The molecule has 0 aromatic carbocycles. The largest absolute Gasteiger partial charge is 0.483 e. The molecule has 0 saturated heterocycles. The van der Waals surface area contributed by atoms with Gasteiger partial charge in [0, 0.05) is 0 Å². The second-order valence-electron chi connectivity index (χ2n) is 5.57. The Morgan fingerprint density at radius 2 is 1.72 bits per heavy atom. The van der Waals surface area contributed by atoms with Gasteiger partial charge in [-0.2, -0.15) is 0 Å². The van der Waals surface area contributed by atoms with E-state index in [1.54, 1.807) is 14.2 Å². The quantitative estimate of drug-likeness (QED) is 0.772. The van der Waals surface area contributed by atoms with Crippen LogP contribution in [-0.2, 0) is 9.47 Å². The molecule has 0 aromatic rings. The maximum absolute atomic E-state index is 5.42. The van der Waals surface area contributed by atoms with Crippen LogP contribution in [0.5, 0.6) is 0 Å². The van der Waals surface area contributed by atoms with Gasteiger partial charge in [-0.25, -0.2) is 9.98 Å². The topological polar surface area (TPSA) is 43.2 Å². The first-order valence-electron chi connectivity index (χ1n) is 6.89. The molecule has 0 N–H and O–H groups in total. The summed E-state index contributed by atoms with van der Waals surface area (Å²) in [6.45, 7) is 4.25. The number of hydrogen-bond donors (Lipinski definition) is 0. The van der Waals surface area contributed by atoms with Crippen molar-refractivity contribution in [2.75, 3.05) is 14.2 Å². The Bertz CT molecular complexity index is 346. The molecule has 2 aliphatic rings. The highest BCUT2D eigenvalue weighted by molar-refractivity contribution is 5.94. The molecule has 0 bridgehead atoms. The van der Waals surface area contributed by atoms with Gasteiger partial charge in [-0.3, -0.25) is 0 Å². The lowest BCUT2D eigenvalue weighted by molar-refractivity contribution is 0.329. The van der Waals surface area contributed by atoms with Crippen LogP contribution in [0, 0.1) is 11.8 Å². The summed E-state index contributed by atoms with van der Waals surface area (Å²) in [7, 11) is 3.37. The fourth-order valence-electron chi connectivity index (χ4n) is 2.35. The fourth-order valence-corrected chi connectivity index (χ4v) is 2.35. The van der Waals surface area contributed by atoms with Crippen LogP contribution < -0.4 is 0 Å². The minimum Gasteiger partial charge on any atom is -0.483 e. The Hall–Kier alpha value is -1.06. The van der Waals surface area contributed by atoms with Crippen molar-refractivity contribution >= 4 is 11.8 Å². The van der Waals surface area contributed by atoms with E-state index >= 15 is 0 Å². The van der Waals surface area contributed by atoms with E-state index < -0.39 is 0 Å². The second kappa shape index (κ2) is 5.72. The summed E-state index contributed by atoms with van der Waals surface area (Å²) < 4.78 is 10.8. The lowest BCUT2D eigenvalue weighted by Crippen LogP contribution is -2.37. The Labute approximate surface area is 109 Å². The standard InChI is InChI=1S/C14H24N2O2/c1-9(2)12-14(18-4)15-11(13(16-12)17-3)8-7-10-5-6-10/h9-12H,5-8H2,1-4H3. The molecule has 1 aliphatic heterocycles. The van der Waals surface area contributed by atoms with Crippen LogP contribution in [0.25, 0.3) is 0 Å². The van der Waals surface area contributed by atoms with E-state index in [4.69, 9.17) is 14.5 Å². The molecule has 4 nitrogen and oxygen atoms in total. The summed E-state index contributed by atoms with van der Waals surface area (Å²) in [6.07, 6.45) is 5.00. The molecule has 1 heterocycles. The normalized spacial score (nSPS) is 27.8. The van der Waals surface area contributed by atoms with Crippen LogP contribution in [0.2, 0.25) is 0 Å². The maximum atomic E-state index is 5.42. The summed E-state index contributed by atoms with van der Waals surface area (Å²) in [5.41, 5.74) is 0. The lowest BCUT2D eigenvalue weighted by Gasteiger charge is -2.27. The molecular formula is C14H24N2O2. The van der Waals surface area contributed by atoms with Crippen LogP contribution >= 0.6 is 0 Å². The molecule has 2 rings (SSSR count). The van der Waals surface area contributed by atoms with Gasteiger partial charge in [0.2, 0.25) is 11.8 Å². The first-order chi connectivity index (χ1) is 8.65. The zero-order valence-electron chi connectivity index (χ0n) is 11.8. The Balaban J connectivity index is 2.07. The fraction of sp³-hybridized carbons (Fsp3) is 0.857. The van der Waals surface area contributed by atoms with E-state index in [0.717, 1.165) is 24.1 Å². The van der Waals surface area contributed by atoms with Gasteiger partial charge >= 0.3 is 0 Å². The van der Waals surface area contributed by atoms with Crippen molar-refractivity contribution in [1.82, 2.24) is 0 Å². The van der Waals surface area contributed by atoms with Crippen LogP contribution in [0.3, 0.4) is 0 Å². The number of nitrogens with zero attached hydrogens (tertiary/aromatic N) is 2. The zero-order chi connectivity index (χ0) is 13.1. The minimum atomic E-state index is 0.00197. The number of rotatable bonds is 4. The first-order valence-corrected chi connectivity index (χ1v) is 6.89. The molecule has 2 unspecified atom stereocenters. The molecule has 0 amide bonds. The Morgan fingerprint density at radius 1 is 1.06 bits per heavy atom. The molecule has 0 radical (unpaired) electrons. The van der Waals surface area contributed by atoms with Gasteiger partial charge in [-0.15, -0.1) is 0 Å². The van der Waals surface area contributed by atoms with Crippen molar-refractivity contribution in [1.29, 1.82) is 0 Å². The average Bonchev–Trinajstić information content (AvgIpc) is 3.18. The van der Waals surface area contributed by atoms with Gasteiger partial charge in [0.1, 0.15) is 12.1 Å². The van der Waals surface area contributed by atoms with Crippen LogP contribution in [-0.4, -0.2) is 38.1 Å². The van der Waals surface area contributed by atoms with E-state index in [-0.39, 0.29) is 12.1 Å². The average molecular weight is 252 g/mol. The second-order valence-corrected chi connectivity index (χ2v) is 5.57. The Morgan fingerprint density at radius 3 is 2.22 bits per heavy atom. The minimum absolute atomic E-state index is 0.00197. The molecule has 1 saturated carbocycles. The number of aliphatic imine (C=N–C) groups is 2. The summed E-state index contributed by atoms with van der Waals surface area (Å²) in [4.78, 5) is 9.36. The summed E-state index contributed by atoms with van der Waals surface area (Å²) in [6, 6.07) is 0.0580. The Kier molecular flexibility index (Phi) is 4.25. The first kappa shape index (κ1) is 13.4. The summed E-state index contributed by atoms with van der Waals surface area (Å²) in [5.74, 6) is 2.81. The van der Waals surface area contributed by atoms with Crippen molar-refractivity contribution in [2.24, 2.45) is 21.8 Å². The number of methoxy groups -OCH3 is 2. The van der Waals surface area contributed by atoms with Crippen LogP contribution in [0.4, 0.5) is 0 Å². The predicted molar refractivity (Wildman–Crippen MR) is 73.3 cm³/mol. The molecule has 4 heteroatoms. The van der Waals surface area contributed by atoms with Crippen molar-refractivity contribution < 1.29 is 9.47 Å². The van der Waals surface area contributed by atoms with Gasteiger partial charge in [-0.05, 0) is 24.7 Å². The van der Waals surface area contributed by atoms with Crippen molar-refractivity contribution in [3.8, 4) is 0 Å².